The lowest BCUT2D eigenvalue weighted by Crippen LogP contribution is -2.59. The van der Waals surface area contributed by atoms with Crippen LogP contribution in [0.3, 0.4) is 0 Å². The van der Waals surface area contributed by atoms with Gasteiger partial charge < -0.3 is 25.4 Å². The van der Waals surface area contributed by atoms with E-state index in [1.54, 1.807) is 46.8 Å². The van der Waals surface area contributed by atoms with Crippen molar-refractivity contribution in [2.45, 2.75) is 105 Å². The van der Waals surface area contributed by atoms with Crippen molar-refractivity contribution < 1.29 is 24.2 Å². The summed E-state index contributed by atoms with van der Waals surface area (Å²) in [5.74, 6) is -0.647. The lowest BCUT2D eigenvalue weighted by atomic mass is 9.91. The Balaban J connectivity index is 3.51. The van der Waals surface area contributed by atoms with Crippen LogP contribution < -0.4 is 10.6 Å². The number of hydrogen-bond donors (Lipinski definition) is 3. The van der Waals surface area contributed by atoms with E-state index in [2.05, 4.69) is 10.6 Å². The van der Waals surface area contributed by atoms with Crippen molar-refractivity contribution in [1.29, 1.82) is 0 Å². The third-order valence-electron chi connectivity index (χ3n) is 5.33. The fraction of sp³-hybridized carbons (Fsp3) is 0.640. The third-order valence-corrected chi connectivity index (χ3v) is 5.33. The highest BCUT2D eigenvalue weighted by Crippen LogP contribution is 2.33. The number of rotatable bonds is 8. The Kier molecular flexibility index (Phi) is 9.33. The molecule has 0 radical (unpaired) electrons. The minimum atomic E-state index is -0.961. The smallest absolute Gasteiger partial charge is 0.408 e. The van der Waals surface area contributed by atoms with E-state index in [0.29, 0.717) is 17.5 Å². The van der Waals surface area contributed by atoms with Gasteiger partial charge in [0.15, 0.2) is 0 Å². The molecule has 1 aromatic carbocycles. The number of alkyl carbamates (subject to hydrolysis) is 1. The fourth-order valence-corrected chi connectivity index (χ4v) is 3.33. The van der Waals surface area contributed by atoms with E-state index in [4.69, 9.17) is 4.74 Å². The lowest BCUT2D eigenvalue weighted by molar-refractivity contribution is -0.149. The zero-order valence-corrected chi connectivity index (χ0v) is 21.7. The number of ether oxygens (including phenoxy) is 1. The summed E-state index contributed by atoms with van der Waals surface area (Å²) in [7, 11) is 0. The molecule has 33 heavy (non-hydrogen) atoms. The van der Waals surface area contributed by atoms with Crippen molar-refractivity contribution in [3.05, 3.63) is 29.3 Å². The molecule has 186 valence electrons. The highest BCUT2D eigenvalue weighted by Gasteiger charge is 2.42. The summed E-state index contributed by atoms with van der Waals surface area (Å²) in [4.78, 5) is 41.0. The molecular weight excluding hydrogens is 422 g/mol. The van der Waals surface area contributed by atoms with Crippen molar-refractivity contribution >= 4 is 17.9 Å². The van der Waals surface area contributed by atoms with Crippen molar-refractivity contribution in [2.24, 2.45) is 0 Å². The molecule has 0 aliphatic heterocycles. The van der Waals surface area contributed by atoms with Crippen LogP contribution in [0.4, 0.5) is 4.79 Å². The molecule has 3 amide bonds. The summed E-state index contributed by atoms with van der Waals surface area (Å²) >= 11 is 0. The summed E-state index contributed by atoms with van der Waals surface area (Å²) in [6, 6.07) is 2.83. The first kappa shape index (κ1) is 28.3. The summed E-state index contributed by atoms with van der Waals surface area (Å²) in [6.45, 7) is 17.9. The molecule has 2 atom stereocenters. The van der Waals surface area contributed by atoms with E-state index in [9.17, 15) is 19.5 Å². The largest absolute Gasteiger partial charge is 0.508 e. The van der Waals surface area contributed by atoms with E-state index < -0.39 is 35.2 Å². The topological polar surface area (TPSA) is 108 Å². The number of amides is 3. The summed E-state index contributed by atoms with van der Waals surface area (Å²) in [6.07, 6.45) is -0.137. The zero-order chi connectivity index (χ0) is 25.7. The molecule has 0 saturated carbocycles. The molecule has 1 aromatic rings. The average Bonchev–Trinajstić information content (AvgIpc) is 2.65. The van der Waals surface area contributed by atoms with Crippen molar-refractivity contribution in [3.63, 3.8) is 0 Å². The lowest BCUT2D eigenvalue weighted by Gasteiger charge is -2.44. The van der Waals surface area contributed by atoms with Gasteiger partial charge in [0, 0.05) is 11.6 Å². The van der Waals surface area contributed by atoms with Crippen molar-refractivity contribution in [3.8, 4) is 5.75 Å². The minimum absolute atomic E-state index is 0.106. The zero-order valence-electron chi connectivity index (χ0n) is 21.7. The van der Waals surface area contributed by atoms with Crippen LogP contribution >= 0.6 is 0 Å². The molecule has 2 unspecified atom stereocenters. The number of carbonyl (C=O) groups is 3. The van der Waals surface area contributed by atoms with Gasteiger partial charge in [0.05, 0.1) is 0 Å². The molecule has 8 heteroatoms. The van der Waals surface area contributed by atoms with Crippen LogP contribution in [-0.4, -0.2) is 51.1 Å². The fourth-order valence-electron chi connectivity index (χ4n) is 3.33. The monoisotopic (exact) mass is 463 g/mol. The van der Waals surface area contributed by atoms with Crippen LogP contribution in [0.1, 0.15) is 85.9 Å². The number of nitrogens with zero attached hydrogens (tertiary/aromatic N) is 1. The number of hydrogen-bond acceptors (Lipinski definition) is 5. The Morgan fingerprint density at radius 2 is 1.64 bits per heavy atom. The second kappa shape index (κ2) is 10.9. The highest BCUT2D eigenvalue weighted by atomic mass is 16.6. The molecule has 0 aliphatic carbocycles. The number of phenolic OH excluding ortho intramolecular Hbond substituents is 1. The predicted molar refractivity (Wildman–Crippen MR) is 129 cm³/mol. The van der Waals surface area contributed by atoms with Crippen LogP contribution in [0, 0.1) is 6.92 Å². The first-order chi connectivity index (χ1) is 15.0. The average molecular weight is 464 g/mol. The van der Waals surface area contributed by atoms with Crippen LogP contribution in [0.15, 0.2) is 18.2 Å². The number of nitrogens with one attached hydrogen (secondary N) is 2. The Hall–Kier alpha value is -2.77. The van der Waals surface area contributed by atoms with Gasteiger partial charge >= 0.3 is 6.09 Å². The van der Waals surface area contributed by atoms with Gasteiger partial charge in [-0.2, -0.15) is 0 Å². The highest BCUT2D eigenvalue weighted by molar-refractivity contribution is 5.92. The quantitative estimate of drug-likeness (QED) is 0.536. The minimum Gasteiger partial charge on any atom is -0.508 e. The second-order valence-electron chi connectivity index (χ2n) is 10.4. The molecule has 0 bridgehead atoms. The van der Waals surface area contributed by atoms with E-state index in [1.807, 2.05) is 34.6 Å². The van der Waals surface area contributed by atoms with Gasteiger partial charge in [0.1, 0.15) is 23.4 Å². The van der Waals surface area contributed by atoms with Crippen LogP contribution in [0.2, 0.25) is 0 Å². The first-order valence-corrected chi connectivity index (χ1v) is 11.4. The SMILES string of the molecule is CCC(C)(C)N(C(=O)C(C)NC(=O)OC(C)(C)C)C(C(=O)NC(C)C)c1ccc(O)c(C)c1. The number of benzene rings is 1. The summed E-state index contributed by atoms with van der Waals surface area (Å²) in [5, 5.41) is 15.5. The van der Waals surface area contributed by atoms with E-state index in [0.717, 1.165) is 0 Å². The normalized spacial score (nSPS) is 13.8. The van der Waals surface area contributed by atoms with Gasteiger partial charge in [-0.1, -0.05) is 13.0 Å². The second-order valence-corrected chi connectivity index (χ2v) is 10.4. The molecule has 1 rings (SSSR count). The third kappa shape index (κ3) is 7.94. The van der Waals surface area contributed by atoms with E-state index in [-0.39, 0.29) is 17.7 Å². The maximum Gasteiger partial charge on any atom is 0.408 e. The molecule has 0 fully saturated rings. The Bertz CT molecular complexity index is 858. The van der Waals surface area contributed by atoms with Gasteiger partial charge in [-0.25, -0.2) is 4.79 Å². The molecular formula is C25H41N3O5. The number of aryl methyl sites for hydroxylation is 1. The first-order valence-electron chi connectivity index (χ1n) is 11.4. The maximum absolute atomic E-state index is 13.7. The number of carbonyl (C=O) groups excluding carboxylic acids is 3. The standard InChI is InChI=1S/C25H41N3O5/c1-11-25(9,10)28(22(31)17(5)27-23(32)33-24(6,7)8)20(21(30)26-15(2)3)18-12-13-19(29)16(4)14-18/h12-15,17,20,29H,11H2,1-10H3,(H,26,30)(H,27,32). The van der Waals surface area contributed by atoms with Gasteiger partial charge in [0.2, 0.25) is 11.8 Å². The predicted octanol–water partition coefficient (Wildman–Crippen LogP) is 4.20. The summed E-state index contributed by atoms with van der Waals surface area (Å²) < 4.78 is 5.30. The maximum atomic E-state index is 13.7. The molecule has 0 aliphatic rings. The molecule has 8 nitrogen and oxygen atoms in total. The van der Waals surface area contributed by atoms with Crippen LogP contribution in [-0.2, 0) is 14.3 Å². The molecule has 0 aromatic heterocycles. The number of aromatic hydroxyl groups is 1. The molecule has 0 heterocycles. The van der Waals surface area contributed by atoms with E-state index in [1.165, 1.54) is 11.0 Å². The van der Waals surface area contributed by atoms with E-state index >= 15 is 0 Å². The van der Waals surface area contributed by atoms with Gasteiger partial charge in [-0.15, -0.1) is 0 Å². The Morgan fingerprint density at radius 3 is 2.09 bits per heavy atom. The number of phenols is 1. The van der Waals surface area contributed by atoms with Gasteiger partial charge in [-0.05, 0) is 92.0 Å². The van der Waals surface area contributed by atoms with Gasteiger partial charge in [-0.3, -0.25) is 9.59 Å². The van der Waals surface area contributed by atoms with Gasteiger partial charge in [0.25, 0.3) is 0 Å². The van der Waals surface area contributed by atoms with Crippen molar-refractivity contribution in [2.75, 3.05) is 0 Å². The Morgan fingerprint density at radius 1 is 1.06 bits per heavy atom. The summed E-state index contributed by atoms with van der Waals surface area (Å²) in [5.41, 5.74) is -0.260. The molecule has 0 spiro atoms. The van der Waals surface area contributed by atoms with Crippen LogP contribution in [0.5, 0.6) is 5.75 Å². The van der Waals surface area contributed by atoms with Crippen molar-refractivity contribution in [1.82, 2.24) is 15.5 Å². The molecule has 0 saturated heterocycles. The van der Waals surface area contributed by atoms with Crippen LogP contribution in [0.25, 0.3) is 0 Å². The Labute approximate surface area is 198 Å². The molecule has 3 N–H and O–H groups in total.